The molecule has 1 unspecified atom stereocenters. The molecule has 1 atom stereocenters. The van der Waals surface area contributed by atoms with Crippen LogP contribution < -0.4 is 0 Å². The van der Waals surface area contributed by atoms with E-state index in [-0.39, 0.29) is 5.60 Å². The summed E-state index contributed by atoms with van der Waals surface area (Å²) in [4.78, 5) is 9.24. The summed E-state index contributed by atoms with van der Waals surface area (Å²) in [7, 11) is 1.74. The van der Waals surface area contributed by atoms with Crippen LogP contribution in [0.15, 0.2) is 12.3 Å². The smallest absolute Gasteiger partial charge is 0.160 e. The molecule has 0 N–H and O–H groups in total. The highest BCUT2D eigenvalue weighted by molar-refractivity contribution is 6.17. The lowest BCUT2D eigenvalue weighted by Crippen LogP contribution is -2.37. The highest BCUT2D eigenvalue weighted by Gasteiger charge is 2.36. The lowest BCUT2D eigenvalue weighted by atomic mass is 10.0. The molecule has 0 saturated carbocycles. The van der Waals surface area contributed by atoms with Gasteiger partial charge in [-0.05, 0) is 18.6 Å². The molecule has 5 nitrogen and oxygen atoms in total. The fourth-order valence-electron chi connectivity index (χ4n) is 2.85. The summed E-state index contributed by atoms with van der Waals surface area (Å²) < 4.78 is 13.4. The van der Waals surface area contributed by atoms with Crippen molar-refractivity contribution in [1.29, 1.82) is 0 Å². The number of halogens is 1. The van der Waals surface area contributed by atoms with Crippen molar-refractivity contribution < 1.29 is 9.47 Å². The summed E-state index contributed by atoms with van der Waals surface area (Å²) in [6, 6.07) is 1.98. The van der Waals surface area contributed by atoms with Crippen LogP contribution in [0.1, 0.15) is 17.8 Å². The Morgan fingerprint density at radius 3 is 3.05 bits per heavy atom. The quantitative estimate of drug-likeness (QED) is 0.795. The van der Waals surface area contributed by atoms with E-state index in [0.29, 0.717) is 19.0 Å². The number of imidazole rings is 1. The number of aryl methyl sites for hydroxylation is 2. The van der Waals surface area contributed by atoms with Gasteiger partial charge >= 0.3 is 0 Å². The fraction of sp³-hybridized carbons (Fsp3) is 0.600. The molecule has 114 valence electrons. The van der Waals surface area contributed by atoms with Crippen molar-refractivity contribution in [2.24, 2.45) is 0 Å². The second-order valence-electron chi connectivity index (χ2n) is 5.54. The second-order valence-corrected chi connectivity index (χ2v) is 5.92. The Morgan fingerprint density at radius 2 is 2.38 bits per heavy atom. The van der Waals surface area contributed by atoms with Gasteiger partial charge in [-0.25, -0.2) is 9.97 Å². The number of fused-ring (bicyclic) bond motifs is 1. The summed E-state index contributed by atoms with van der Waals surface area (Å²) >= 11 is 5.93. The standard InChI is InChI=1S/C15H20ClN3O2/c1-11-4-7-17-14-13(11)18-12(3-6-16)19(14)9-15(20-2)5-8-21-10-15/h4,7H,3,5-6,8-10H2,1-2H3. The number of rotatable bonds is 5. The van der Waals surface area contributed by atoms with Crippen molar-refractivity contribution in [2.75, 3.05) is 26.2 Å². The Hall–Kier alpha value is -1.17. The zero-order valence-electron chi connectivity index (χ0n) is 12.4. The van der Waals surface area contributed by atoms with Crippen LogP contribution >= 0.6 is 11.6 Å². The molecule has 1 saturated heterocycles. The van der Waals surface area contributed by atoms with E-state index in [0.717, 1.165) is 42.0 Å². The molecule has 3 heterocycles. The molecule has 21 heavy (non-hydrogen) atoms. The van der Waals surface area contributed by atoms with Gasteiger partial charge in [0.15, 0.2) is 5.65 Å². The molecule has 1 fully saturated rings. The first kappa shape index (κ1) is 14.8. The highest BCUT2D eigenvalue weighted by atomic mass is 35.5. The molecule has 1 aliphatic heterocycles. The Kier molecular flexibility index (Phi) is 4.15. The monoisotopic (exact) mass is 309 g/mol. The largest absolute Gasteiger partial charge is 0.378 e. The number of aromatic nitrogens is 3. The second kappa shape index (κ2) is 5.91. The Labute approximate surface area is 129 Å². The third-order valence-corrected chi connectivity index (χ3v) is 4.37. The summed E-state index contributed by atoms with van der Waals surface area (Å²) in [5, 5.41) is 0. The summed E-state index contributed by atoms with van der Waals surface area (Å²) in [6.07, 6.45) is 3.43. The maximum Gasteiger partial charge on any atom is 0.160 e. The van der Waals surface area contributed by atoms with E-state index in [2.05, 4.69) is 16.5 Å². The first-order valence-corrected chi connectivity index (χ1v) is 7.72. The zero-order chi connectivity index (χ0) is 14.9. The van der Waals surface area contributed by atoms with Crippen molar-refractivity contribution in [2.45, 2.75) is 31.9 Å². The predicted molar refractivity (Wildman–Crippen MR) is 81.9 cm³/mol. The van der Waals surface area contributed by atoms with Crippen LogP contribution in [-0.4, -0.2) is 46.3 Å². The van der Waals surface area contributed by atoms with Crippen LogP contribution in [0.5, 0.6) is 0 Å². The molecule has 6 heteroatoms. The third kappa shape index (κ3) is 2.65. The van der Waals surface area contributed by atoms with E-state index < -0.39 is 0 Å². The Morgan fingerprint density at radius 1 is 1.52 bits per heavy atom. The first-order chi connectivity index (χ1) is 10.2. The number of pyridine rings is 1. The maximum absolute atomic E-state index is 5.93. The van der Waals surface area contributed by atoms with Crippen molar-refractivity contribution >= 4 is 22.8 Å². The average molecular weight is 310 g/mol. The van der Waals surface area contributed by atoms with E-state index in [1.165, 1.54) is 0 Å². The summed E-state index contributed by atoms with van der Waals surface area (Å²) in [5.74, 6) is 1.50. The number of alkyl halides is 1. The van der Waals surface area contributed by atoms with Gasteiger partial charge in [0.1, 0.15) is 16.9 Å². The van der Waals surface area contributed by atoms with Gasteiger partial charge in [0.25, 0.3) is 0 Å². The van der Waals surface area contributed by atoms with E-state index in [1.54, 1.807) is 7.11 Å². The SMILES string of the molecule is COC1(Cn2c(CCCl)nc3c(C)ccnc32)CCOC1. The van der Waals surface area contributed by atoms with Gasteiger partial charge in [-0.15, -0.1) is 11.6 Å². The summed E-state index contributed by atoms with van der Waals surface area (Å²) in [6.45, 7) is 4.09. The number of nitrogens with zero attached hydrogens (tertiary/aromatic N) is 3. The topological polar surface area (TPSA) is 49.2 Å². The van der Waals surface area contributed by atoms with Crippen molar-refractivity contribution in [1.82, 2.24) is 14.5 Å². The molecule has 0 amide bonds. The van der Waals surface area contributed by atoms with Crippen LogP contribution in [0.3, 0.4) is 0 Å². The van der Waals surface area contributed by atoms with Crippen LogP contribution in [0.25, 0.3) is 11.2 Å². The third-order valence-electron chi connectivity index (χ3n) is 4.18. The van der Waals surface area contributed by atoms with Gasteiger partial charge in [-0.3, -0.25) is 0 Å². The van der Waals surface area contributed by atoms with Gasteiger partial charge in [0, 0.05) is 38.6 Å². The van der Waals surface area contributed by atoms with E-state index in [1.807, 2.05) is 12.3 Å². The van der Waals surface area contributed by atoms with Crippen molar-refractivity contribution in [3.05, 3.63) is 23.7 Å². The minimum Gasteiger partial charge on any atom is -0.378 e. The number of hydrogen-bond donors (Lipinski definition) is 0. The van der Waals surface area contributed by atoms with Gasteiger partial charge < -0.3 is 14.0 Å². The van der Waals surface area contributed by atoms with Gasteiger partial charge in [0.2, 0.25) is 0 Å². The zero-order valence-corrected chi connectivity index (χ0v) is 13.2. The Bertz CT molecular complexity index is 635. The molecule has 2 aromatic rings. The molecule has 2 aromatic heterocycles. The lowest BCUT2D eigenvalue weighted by molar-refractivity contribution is -0.0293. The normalized spacial score (nSPS) is 22.2. The molecular formula is C15H20ClN3O2. The summed E-state index contributed by atoms with van der Waals surface area (Å²) in [5.41, 5.74) is 2.69. The van der Waals surface area contributed by atoms with Crippen LogP contribution in [-0.2, 0) is 22.4 Å². The molecule has 0 radical (unpaired) electrons. The number of hydrogen-bond acceptors (Lipinski definition) is 4. The predicted octanol–water partition coefficient (Wildman–Crippen LogP) is 2.33. The molecular weight excluding hydrogens is 290 g/mol. The van der Waals surface area contributed by atoms with E-state index in [9.17, 15) is 0 Å². The van der Waals surface area contributed by atoms with Crippen molar-refractivity contribution in [3.8, 4) is 0 Å². The van der Waals surface area contributed by atoms with Crippen LogP contribution in [0, 0.1) is 6.92 Å². The minimum absolute atomic E-state index is 0.292. The van der Waals surface area contributed by atoms with Crippen LogP contribution in [0.4, 0.5) is 0 Å². The first-order valence-electron chi connectivity index (χ1n) is 7.19. The number of methoxy groups -OCH3 is 1. The molecule has 0 bridgehead atoms. The molecule has 0 aromatic carbocycles. The fourth-order valence-corrected chi connectivity index (χ4v) is 3.02. The molecule has 1 aliphatic rings. The number of ether oxygens (including phenoxy) is 2. The maximum atomic E-state index is 5.93. The molecule has 0 spiro atoms. The van der Waals surface area contributed by atoms with Gasteiger partial charge in [-0.1, -0.05) is 0 Å². The average Bonchev–Trinajstić information content (AvgIpc) is 3.08. The van der Waals surface area contributed by atoms with Crippen molar-refractivity contribution in [3.63, 3.8) is 0 Å². The van der Waals surface area contributed by atoms with Gasteiger partial charge in [0.05, 0.1) is 13.2 Å². The molecule has 0 aliphatic carbocycles. The minimum atomic E-state index is -0.292. The van der Waals surface area contributed by atoms with E-state index in [4.69, 9.17) is 26.1 Å². The van der Waals surface area contributed by atoms with Gasteiger partial charge in [-0.2, -0.15) is 0 Å². The van der Waals surface area contributed by atoms with Crippen LogP contribution in [0.2, 0.25) is 0 Å². The highest BCUT2D eigenvalue weighted by Crippen LogP contribution is 2.28. The lowest BCUT2D eigenvalue weighted by Gasteiger charge is -2.27. The molecule has 3 rings (SSSR count). The Balaban J connectivity index is 2.06. The van der Waals surface area contributed by atoms with E-state index >= 15 is 0 Å².